The quantitative estimate of drug-likeness (QED) is 0.603. The highest BCUT2D eigenvalue weighted by molar-refractivity contribution is 6.01. The molecule has 1 saturated heterocycles. The van der Waals surface area contributed by atoms with Crippen LogP contribution in [0.1, 0.15) is 42.1 Å². The highest BCUT2D eigenvalue weighted by atomic mass is 16.5. The number of nitrogens with zero attached hydrogens (tertiary/aromatic N) is 1. The van der Waals surface area contributed by atoms with E-state index in [4.69, 9.17) is 9.47 Å². The van der Waals surface area contributed by atoms with Gasteiger partial charge in [-0.3, -0.25) is 9.69 Å². The minimum Gasteiger partial charge on any atom is -0.494 e. The van der Waals surface area contributed by atoms with Gasteiger partial charge < -0.3 is 9.47 Å². The lowest BCUT2D eigenvalue weighted by atomic mass is 9.90. The fourth-order valence-corrected chi connectivity index (χ4v) is 3.40. The Balaban J connectivity index is 1.71. The van der Waals surface area contributed by atoms with E-state index >= 15 is 0 Å². The Bertz CT molecular complexity index is 721. The number of ketones is 1. The lowest BCUT2D eigenvalue weighted by Gasteiger charge is -2.30. The smallest absolute Gasteiger partial charge is 0.171 e. The minimum absolute atomic E-state index is 0.159. The van der Waals surface area contributed by atoms with E-state index in [2.05, 4.69) is 18.7 Å². The molecule has 4 heteroatoms. The van der Waals surface area contributed by atoms with Gasteiger partial charge >= 0.3 is 0 Å². The normalized spacial score (nSPS) is 16.1. The Morgan fingerprint density at radius 2 is 1.71 bits per heavy atom. The third-order valence-electron chi connectivity index (χ3n) is 5.17. The summed E-state index contributed by atoms with van der Waals surface area (Å²) >= 11 is 0. The van der Waals surface area contributed by atoms with Gasteiger partial charge in [0.05, 0.1) is 25.7 Å². The number of rotatable bonds is 9. The predicted octanol–water partition coefficient (Wildman–Crippen LogP) is 4.41. The van der Waals surface area contributed by atoms with E-state index in [1.165, 1.54) is 0 Å². The molecule has 28 heavy (non-hydrogen) atoms. The molecular formula is C24H31NO3. The zero-order valence-electron chi connectivity index (χ0n) is 17.0. The molecule has 1 aliphatic heterocycles. The van der Waals surface area contributed by atoms with Gasteiger partial charge in [-0.15, -0.1) is 0 Å². The molecule has 1 atom stereocenters. The summed E-state index contributed by atoms with van der Waals surface area (Å²) in [5.41, 5.74) is 1.80. The number of carbonyl (C=O) groups excluding carboxylic acids is 1. The Morgan fingerprint density at radius 3 is 2.36 bits per heavy atom. The summed E-state index contributed by atoms with van der Waals surface area (Å²) in [6.45, 7) is 9.01. The molecule has 0 radical (unpaired) electrons. The van der Waals surface area contributed by atoms with Crippen LogP contribution in [-0.2, 0) is 4.74 Å². The first-order valence-corrected chi connectivity index (χ1v) is 10.3. The van der Waals surface area contributed by atoms with Crippen LogP contribution in [0.5, 0.6) is 5.75 Å². The van der Waals surface area contributed by atoms with Crippen molar-refractivity contribution >= 4 is 5.78 Å². The summed E-state index contributed by atoms with van der Waals surface area (Å²) < 4.78 is 11.2. The molecule has 0 saturated carbocycles. The third-order valence-corrected chi connectivity index (χ3v) is 5.17. The molecule has 4 nitrogen and oxygen atoms in total. The topological polar surface area (TPSA) is 38.8 Å². The summed E-state index contributed by atoms with van der Waals surface area (Å²) in [5.74, 6) is 1.42. The molecule has 1 heterocycles. The van der Waals surface area contributed by atoms with Crippen molar-refractivity contribution in [3.8, 4) is 5.75 Å². The van der Waals surface area contributed by atoms with Gasteiger partial charge in [0, 0.05) is 25.2 Å². The van der Waals surface area contributed by atoms with Gasteiger partial charge in [-0.2, -0.15) is 0 Å². The maximum Gasteiger partial charge on any atom is 0.171 e. The molecule has 150 valence electrons. The fraction of sp³-hybridized carbons (Fsp3) is 0.458. The van der Waals surface area contributed by atoms with Crippen molar-refractivity contribution < 1.29 is 14.3 Å². The number of hydrogen-bond acceptors (Lipinski definition) is 4. The lowest BCUT2D eigenvalue weighted by molar-refractivity contribution is 0.0345. The summed E-state index contributed by atoms with van der Waals surface area (Å²) in [7, 11) is 0. The number of Topliss-reactive ketones (excluding diaryl/α,β-unsaturated/α-hetero) is 1. The molecule has 2 aromatic carbocycles. The molecule has 0 N–H and O–H groups in total. The van der Waals surface area contributed by atoms with E-state index in [-0.39, 0.29) is 11.7 Å². The van der Waals surface area contributed by atoms with Crippen molar-refractivity contribution in [1.29, 1.82) is 0 Å². The number of ether oxygens (including phenoxy) is 2. The zero-order chi connectivity index (χ0) is 19.8. The molecule has 0 amide bonds. The van der Waals surface area contributed by atoms with Crippen molar-refractivity contribution in [2.45, 2.75) is 26.2 Å². The number of carbonyl (C=O) groups is 1. The van der Waals surface area contributed by atoms with Crippen LogP contribution in [0.25, 0.3) is 0 Å². The first-order chi connectivity index (χ1) is 13.6. The highest BCUT2D eigenvalue weighted by Crippen LogP contribution is 2.24. The first kappa shape index (κ1) is 20.6. The van der Waals surface area contributed by atoms with Crippen molar-refractivity contribution in [1.82, 2.24) is 4.90 Å². The largest absolute Gasteiger partial charge is 0.494 e. The van der Waals surface area contributed by atoms with Crippen molar-refractivity contribution in [2.24, 2.45) is 5.92 Å². The molecular weight excluding hydrogens is 350 g/mol. The maximum atomic E-state index is 13.3. The second-order valence-electron chi connectivity index (χ2n) is 7.80. The van der Waals surface area contributed by atoms with Crippen LogP contribution in [0.15, 0.2) is 54.6 Å². The van der Waals surface area contributed by atoms with Gasteiger partial charge in [0.25, 0.3) is 0 Å². The van der Waals surface area contributed by atoms with Crippen LogP contribution in [0.2, 0.25) is 0 Å². The summed E-state index contributed by atoms with van der Waals surface area (Å²) in [5, 5.41) is 0. The Morgan fingerprint density at radius 1 is 1.04 bits per heavy atom. The third kappa shape index (κ3) is 5.91. The van der Waals surface area contributed by atoms with Crippen LogP contribution in [0.4, 0.5) is 0 Å². The van der Waals surface area contributed by atoms with Crippen LogP contribution in [0, 0.1) is 5.92 Å². The van der Waals surface area contributed by atoms with Gasteiger partial charge in [0.1, 0.15) is 5.75 Å². The van der Waals surface area contributed by atoms with Gasteiger partial charge in [-0.05, 0) is 42.2 Å². The SMILES string of the molecule is CC(C)CCOc1ccc(C(=O)C(CN2CCOCC2)c2ccccc2)cc1. The van der Waals surface area contributed by atoms with Gasteiger partial charge in [0.15, 0.2) is 5.78 Å². The molecule has 0 aromatic heterocycles. The van der Waals surface area contributed by atoms with Crippen molar-refractivity contribution in [3.63, 3.8) is 0 Å². The molecule has 0 aliphatic carbocycles. The van der Waals surface area contributed by atoms with Gasteiger partial charge in [-0.1, -0.05) is 44.2 Å². The molecule has 1 unspecified atom stereocenters. The lowest BCUT2D eigenvalue weighted by Crippen LogP contribution is -2.40. The Hall–Kier alpha value is -2.17. The molecule has 2 aromatic rings. The van der Waals surface area contributed by atoms with Gasteiger partial charge in [0.2, 0.25) is 0 Å². The van der Waals surface area contributed by atoms with E-state index < -0.39 is 0 Å². The van der Waals surface area contributed by atoms with Crippen molar-refractivity contribution in [2.75, 3.05) is 39.5 Å². The van der Waals surface area contributed by atoms with Crippen LogP contribution in [0.3, 0.4) is 0 Å². The van der Waals surface area contributed by atoms with E-state index in [1.807, 2.05) is 54.6 Å². The fourth-order valence-electron chi connectivity index (χ4n) is 3.40. The van der Waals surface area contributed by atoms with Crippen LogP contribution < -0.4 is 4.74 Å². The number of hydrogen-bond donors (Lipinski definition) is 0. The zero-order valence-corrected chi connectivity index (χ0v) is 17.0. The highest BCUT2D eigenvalue weighted by Gasteiger charge is 2.25. The van der Waals surface area contributed by atoms with E-state index in [0.29, 0.717) is 12.5 Å². The molecule has 3 rings (SSSR count). The first-order valence-electron chi connectivity index (χ1n) is 10.3. The predicted molar refractivity (Wildman–Crippen MR) is 112 cm³/mol. The standard InChI is InChI=1S/C24H31NO3/c1-19(2)12-15-28-22-10-8-21(9-11-22)24(26)23(20-6-4-3-5-7-20)18-25-13-16-27-17-14-25/h3-11,19,23H,12-18H2,1-2H3. The second kappa shape index (κ2) is 10.4. The van der Waals surface area contributed by atoms with E-state index in [1.54, 1.807) is 0 Å². The molecule has 1 aliphatic rings. The molecule has 0 bridgehead atoms. The Kier molecular flexibility index (Phi) is 7.63. The summed E-state index contributed by atoms with van der Waals surface area (Å²) in [6.07, 6.45) is 1.02. The van der Waals surface area contributed by atoms with Crippen molar-refractivity contribution in [3.05, 3.63) is 65.7 Å². The summed E-state index contributed by atoms with van der Waals surface area (Å²) in [4.78, 5) is 15.7. The number of benzene rings is 2. The summed E-state index contributed by atoms with van der Waals surface area (Å²) in [6, 6.07) is 17.7. The second-order valence-corrected chi connectivity index (χ2v) is 7.80. The molecule has 1 fully saturated rings. The van der Waals surface area contributed by atoms with Gasteiger partial charge in [-0.25, -0.2) is 0 Å². The van der Waals surface area contributed by atoms with Crippen LogP contribution in [-0.4, -0.2) is 50.1 Å². The average Bonchev–Trinajstić information content (AvgIpc) is 2.73. The maximum absolute atomic E-state index is 13.3. The van der Waals surface area contributed by atoms with Crippen LogP contribution >= 0.6 is 0 Å². The monoisotopic (exact) mass is 381 g/mol. The Labute approximate surface area is 168 Å². The minimum atomic E-state index is -0.174. The number of morpholine rings is 1. The molecule has 0 spiro atoms. The average molecular weight is 382 g/mol. The van der Waals surface area contributed by atoms with E-state index in [0.717, 1.165) is 56.1 Å². The van der Waals surface area contributed by atoms with E-state index in [9.17, 15) is 4.79 Å².